The number of ether oxygens (including phenoxy) is 1. The van der Waals surface area contributed by atoms with Gasteiger partial charge < -0.3 is 14.5 Å². The summed E-state index contributed by atoms with van der Waals surface area (Å²) in [6.07, 6.45) is 6.53. The van der Waals surface area contributed by atoms with Gasteiger partial charge in [0.1, 0.15) is 10.8 Å². The first-order valence-corrected chi connectivity index (χ1v) is 11.9. The molecule has 0 fully saturated rings. The minimum atomic E-state index is -0.660. The van der Waals surface area contributed by atoms with Crippen LogP contribution >= 0.6 is 11.3 Å². The van der Waals surface area contributed by atoms with Gasteiger partial charge in [0, 0.05) is 65.0 Å². The molecule has 0 radical (unpaired) electrons. The number of nitrogens with zero attached hydrogens (tertiary/aromatic N) is 5. The summed E-state index contributed by atoms with van der Waals surface area (Å²) in [5, 5.41) is 14.2. The lowest BCUT2D eigenvalue weighted by molar-refractivity contribution is 0.252. The van der Waals surface area contributed by atoms with Gasteiger partial charge in [-0.25, -0.2) is 29.6 Å². The van der Waals surface area contributed by atoms with E-state index in [-0.39, 0.29) is 11.9 Å². The smallest absolute Gasteiger partial charge is 0.434 e. The standard InChI is InChI=1S/C24H20N8O4S/c1-3-26-23(33)30-19-7-16(22-29-18(12-37-22)13-4-5-20(35-2)28-10-13)17(11-27-19)14-6-15(9-25-8-14)21-31-32-24(34)36-21/h4-12H,3H2,1-2H3,(H,32,34)(H2,26,27,30,33). The first-order chi connectivity index (χ1) is 18.0. The number of rotatable bonds is 7. The summed E-state index contributed by atoms with van der Waals surface area (Å²) in [6, 6.07) is 6.82. The second-order valence-electron chi connectivity index (χ2n) is 7.61. The van der Waals surface area contributed by atoms with E-state index in [0.717, 1.165) is 16.8 Å². The number of pyridine rings is 3. The Morgan fingerprint density at radius 2 is 1.95 bits per heavy atom. The third-order valence-corrected chi connectivity index (χ3v) is 6.07. The minimum absolute atomic E-state index is 0.118. The van der Waals surface area contributed by atoms with Crippen LogP contribution in [0.5, 0.6) is 5.88 Å². The van der Waals surface area contributed by atoms with E-state index in [2.05, 4.69) is 35.8 Å². The third-order valence-electron chi connectivity index (χ3n) is 5.19. The Labute approximate surface area is 213 Å². The van der Waals surface area contributed by atoms with Crippen LogP contribution in [-0.2, 0) is 0 Å². The van der Waals surface area contributed by atoms with E-state index >= 15 is 0 Å². The molecule has 2 amide bonds. The van der Waals surface area contributed by atoms with Crippen molar-refractivity contribution in [3.05, 3.63) is 65.0 Å². The van der Waals surface area contributed by atoms with Gasteiger partial charge in [0.2, 0.25) is 5.88 Å². The molecule has 5 aromatic heterocycles. The molecule has 5 aromatic rings. The van der Waals surface area contributed by atoms with Crippen LogP contribution < -0.4 is 21.1 Å². The van der Waals surface area contributed by atoms with Gasteiger partial charge in [-0.2, -0.15) is 0 Å². The molecule has 0 unspecified atom stereocenters. The van der Waals surface area contributed by atoms with Crippen LogP contribution in [0.4, 0.5) is 10.6 Å². The monoisotopic (exact) mass is 516 g/mol. The van der Waals surface area contributed by atoms with Gasteiger partial charge in [0.05, 0.1) is 18.4 Å². The van der Waals surface area contributed by atoms with E-state index in [9.17, 15) is 9.59 Å². The molecule has 0 saturated heterocycles. The van der Waals surface area contributed by atoms with Crippen LogP contribution in [0.1, 0.15) is 6.92 Å². The fraction of sp³-hybridized carbons (Fsp3) is 0.125. The first kappa shape index (κ1) is 23.8. The van der Waals surface area contributed by atoms with Crippen molar-refractivity contribution in [3.63, 3.8) is 0 Å². The Bertz CT molecular complexity index is 1610. The predicted molar refractivity (Wildman–Crippen MR) is 137 cm³/mol. The van der Waals surface area contributed by atoms with Crippen LogP contribution in [0.3, 0.4) is 0 Å². The summed E-state index contributed by atoms with van der Waals surface area (Å²) in [7, 11) is 1.56. The molecule has 0 bridgehead atoms. The molecule has 0 spiro atoms. The molecule has 3 N–H and O–H groups in total. The number of aromatic nitrogens is 6. The molecule has 12 nitrogen and oxygen atoms in total. The van der Waals surface area contributed by atoms with Gasteiger partial charge in [0.15, 0.2) is 0 Å². The van der Waals surface area contributed by atoms with E-state index in [1.807, 2.05) is 18.4 Å². The Hall–Kier alpha value is -4.91. The average Bonchev–Trinajstić information content (AvgIpc) is 3.59. The fourth-order valence-electron chi connectivity index (χ4n) is 3.49. The van der Waals surface area contributed by atoms with Crippen molar-refractivity contribution >= 4 is 23.2 Å². The highest BCUT2D eigenvalue weighted by Gasteiger charge is 2.17. The molecule has 5 rings (SSSR count). The Kier molecular flexibility index (Phi) is 6.68. The summed E-state index contributed by atoms with van der Waals surface area (Å²) in [5.41, 5.74) is 4.20. The molecule has 0 aliphatic rings. The van der Waals surface area contributed by atoms with Crippen LogP contribution in [-0.4, -0.2) is 49.8 Å². The largest absolute Gasteiger partial charge is 0.481 e. The number of hydrogen-bond acceptors (Lipinski definition) is 10. The molecule has 37 heavy (non-hydrogen) atoms. The number of methoxy groups -OCH3 is 1. The summed E-state index contributed by atoms with van der Waals surface area (Å²) < 4.78 is 10.2. The Morgan fingerprint density at radius 3 is 2.68 bits per heavy atom. The number of carbonyl (C=O) groups is 1. The number of urea groups is 1. The quantitative estimate of drug-likeness (QED) is 0.292. The Balaban J connectivity index is 1.58. The van der Waals surface area contributed by atoms with Gasteiger partial charge in [0.25, 0.3) is 5.89 Å². The van der Waals surface area contributed by atoms with Gasteiger partial charge in [-0.05, 0) is 25.1 Å². The van der Waals surface area contributed by atoms with Gasteiger partial charge in [-0.3, -0.25) is 10.3 Å². The predicted octanol–water partition coefficient (Wildman–Crippen LogP) is 3.82. The van der Waals surface area contributed by atoms with E-state index < -0.39 is 5.76 Å². The molecule has 0 aliphatic heterocycles. The van der Waals surface area contributed by atoms with E-state index in [1.165, 1.54) is 11.3 Å². The van der Waals surface area contributed by atoms with Crippen molar-refractivity contribution in [2.75, 3.05) is 19.0 Å². The zero-order valence-corrected chi connectivity index (χ0v) is 20.5. The topological polar surface area (TPSA) is 161 Å². The van der Waals surface area contributed by atoms with Gasteiger partial charge >= 0.3 is 11.8 Å². The number of anilines is 1. The van der Waals surface area contributed by atoms with Crippen molar-refractivity contribution in [3.8, 4) is 50.3 Å². The summed E-state index contributed by atoms with van der Waals surface area (Å²) in [6.45, 7) is 2.30. The molecular weight excluding hydrogens is 496 g/mol. The molecule has 0 saturated carbocycles. The molecule has 13 heteroatoms. The van der Waals surface area contributed by atoms with E-state index in [1.54, 1.807) is 50.1 Å². The second kappa shape index (κ2) is 10.4. The molecule has 5 heterocycles. The number of H-pyrrole nitrogens is 1. The van der Waals surface area contributed by atoms with E-state index in [0.29, 0.717) is 39.9 Å². The van der Waals surface area contributed by atoms with Crippen LogP contribution in [0.25, 0.3) is 44.4 Å². The lowest BCUT2D eigenvalue weighted by atomic mass is 10.0. The second-order valence-corrected chi connectivity index (χ2v) is 8.47. The van der Waals surface area contributed by atoms with Crippen molar-refractivity contribution in [1.82, 2.24) is 35.5 Å². The maximum absolute atomic E-state index is 12.1. The van der Waals surface area contributed by atoms with Crippen LogP contribution in [0, 0.1) is 0 Å². The van der Waals surface area contributed by atoms with Crippen molar-refractivity contribution in [1.29, 1.82) is 0 Å². The number of aromatic amines is 1. The number of nitrogens with one attached hydrogen (secondary N) is 3. The van der Waals surface area contributed by atoms with Crippen molar-refractivity contribution in [2.24, 2.45) is 0 Å². The maximum atomic E-state index is 12.1. The highest BCUT2D eigenvalue weighted by Crippen LogP contribution is 2.37. The number of thiazole rings is 1. The molecule has 0 aliphatic carbocycles. The minimum Gasteiger partial charge on any atom is -0.481 e. The van der Waals surface area contributed by atoms with Gasteiger partial charge in [-0.15, -0.1) is 16.4 Å². The maximum Gasteiger partial charge on any atom is 0.434 e. The zero-order valence-electron chi connectivity index (χ0n) is 19.7. The normalized spacial score (nSPS) is 10.8. The van der Waals surface area contributed by atoms with Crippen LogP contribution in [0.2, 0.25) is 0 Å². The lowest BCUT2D eigenvalue weighted by Crippen LogP contribution is -2.28. The molecule has 0 atom stereocenters. The summed E-state index contributed by atoms with van der Waals surface area (Å²) in [4.78, 5) is 41.3. The van der Waals surface area contributed by atoms with E-state index in [4.69, 9.17) is 14.1 Å². The highest BCUT2D eigenvalue weighted by atomic mass is 32.1. The third kappa shape index (κ3) is 5.21. The number of hydrogen-bond donors (Lipinski definition) is 3. The zero-order chi connectivity index (χ0) is 25.8. The van der Waals surface area contributed by atoms with Crippen LogP contribution in [0.15, 0.2) is 63.6 Å². The summed E-state index contributed by atoms with van der Waals surface area (Å²) >= 11 is 1.43. The number of carbonyl (C=O) groups excluding carboxylic acids is 1. The lowest BCUT2D eigenvalue weighted by Gasteiger charge is -2.11. The molecule has 186 valence electrons. The average molecular weight is 517 g/mol. The highest BCUT2D eigenvalue weighted by molar-refractivity contribution is 7.13. The Morgan fingerprint density at radius 1 is 1.08 bits per heavy atom. The molecule has 0 aromatic carbocycles. The van der Waals surface area contributed by atoms with Crippen molar-refractivity contribution in [2.45, 2.75) is 6.92 Å². The molecular formula is C24H20N8O4S. The SMILES string of the molecule is CCNC(=O)Nc1cc(-c2nc(-c3ccc(OC)nc3)cs2)c(-c2cncc(-c3n[nH]c(=O)o3)c2)cn1. The first-order valence-electron chi connectivity index (χ1n) is 11.1. The van der Waals surface area contributed by atoms with Gasteiger partial charge in [-0.1, -0.05) is 0 Å². The van der Waals surface area contributed by atoms with Crippen molar-refractivity contribution < 1.29 is 13.9 Å². The summed E-state index contributed by atoms with van der Waals surface area (Å²) in [5.74, 6) is 0.325. The number of amides is 2. The fourth-order valence-corrected chi connectivity index (χ4v) is 4.35.